The fraction of sp³-hybridized carbons (Fsp3) is 0.357. The fourth-order valence-electron chi connectivity index (χ4n) is 1.90. The van der Waals surface area contributed by atoms with Crippen LogP contribution in [0.3, 0.4) is 0 Å². The minimum atomic E-state index is 0.433. The van der Waals surface area contributed by atoms with Crippen LogP contribution >= 0.6 is 43.5 Å². The molecule has 6 heteroatoms. The summed E-state index contributed by atoms with van der Waals surface area (Å²) >= 11 is 13.2. The molecule has 3 nitrogen and oxygen atoms in total. The van der Waals surface area contributed by atoms with E-state index in [0.717, 1.165) is 33.3 Å². The molecular weight excluding hydrogens is 407 g/mol. The van der Waals surface area contributed by atoms with Crippen molar-refractivity contribution in [1.29, 1.82) is 0 Å². The summed E-state index contributed by atoms with van der Waals surface area (Å²) < 4.78 is 8.74. The Kier molecular flexibility index (Phi) is 5.52. The summed E-state index contributed by atoms with van der Waals surface area (Å²) in [5.41, 5.74) is 3.11. The van der Waals surface area contributed by atoms with Crippen molar-refractivity contribution < 1.29 is 4.74 Å². The number of aromatic nitrogens is 2. The van der Waals surface area contributed by atoms with Crippen LogP contribution < -0.4 is 4.74 Å². The van der Waals surface area contributed by atoms with Crippen molar-refractivity contribution in [3.05, 3.63) is 44.6 Å². The zero-order valence-corrected chi connectivity index (χ0v) is 15.2. The maximum absolute atomic E-state index is 6.21. The number of nitrogens with zero attached hydrogens (tertiary/aromatic N) is 2. The Morgan fingerprint density at radius 2 is 2.15 bits per heavy atom. The maximum atomic E-state index is 6.21. The topological polar surface area (TPSA) is 27.1 Å². The van der Waals surface area contributed by atoms with Gasteiger partial charge in [0, 0.05) is 11.9 Å². The zero-order chi connectivity index (χ0) is 14.7. The molecule has 2 rings (SSSR count). The van der Waals surface area contributed by atoms with Crippen LogP contribution in [0.2, 0.25) is 5.02 Å². The van der Waals surface area contributed by atoms with E-state index >= 15 is 0 Å². The third-order valence-electron chi connectivity index (χ3n) is 2.97. The number of hydrogen-bond acceptors (Lipinski definition) is 2. The molecular formula is C14H15Br2ClN2O. The first-order chi connectivity index (χ1) is 9.56. The summed E-state index contributed by atoms with van der Waals surface area (Å²) in [5.74, 6) is 0.685. The Morgan fingerprint density at radius 1 is 1.40 bits per heavy atom. The average Bonchev–Trinajstić information content (AvgIpc) is 2.73. The molecule has 0 fully saturated rings. The summed E-state index contributed by atoms with van der Waals surface area (Å²) in [6.07, 6.45) is 0. The molecule has 0 bridgehead atoms. The first-order valence-electron chi connectivity index (χ1n) is 6.25. The highest BCUT2D eigenvalue weighted by Gasteiger charge is 2.13. The fourth-order valence-corrected chi connectivity index (χ4v) is 2.90. The number of ether oxygens (including phenoxy) is 1. The summed E-state index contributed by atoms with van der Waals surface area (Å²) in [4.78, 5) is 0. The van der Waals surface area contributed by atoms with E-state index in [2.05, 4.69) is 43.9 Å². The normalized spacial score (nSPS) is 10.8. The first kappa shape index (κ1) is 15.9. The number of benzene rings is 1. The predicted molar refractivity (Wildman–Crippen MR) is 88.8 cm³/mol. The van der Waals surface area contributed by atoms with Gasteiger partial charge in [0.05, 0.1) is 20.9 Å². The Balaban J connectivity index is 2.17. The number of hydrogen-bond donors (Lipinski definition) is 0. The van der Waals surface area contributed by atoms with Crippen molar-refractivity contribution >= 4 is 43.5 Å². The maximum Gasteiger partial charge on any atom is 0.138 e. The number of halogens is 3. The van der Waals surface area contributed by atoms with Gasteiger partial charge in [-0.05, 0) is 47.5 Å². The second-order valence-corrected chi connectivity index (χ2v) is 6.11. The van der Waals surface area contributed by atoms with Gasteiger partial charge in [0.25, 0.3) is 0 Å². The smallest absolute Gasteiger partial charge is 0.138 e. The van der Waals surface area contributed by atoms with Crippen molar-refractivity contribution in [2.45, 2.75) is 32.3 Å². The van der Waals surface area contributed by atoms with Crippen molar-refractivity contribution in [3.63, 3.8) is 0 Å². The Morgan fingerprint density at radius 3 is 2.75 bits per heavy atom. The van der Waals surface area contributed by atoms with E-state index in [1.165, 1.54) is 0 Å². The van der Waals surface area contributed by atoms with E-state index in [-0.39, 0.29) is 0 Å². The van der Waals surface area contributed by atoms with Crippen molar-refractivity contribution in [2.24, 2.45) is 0 Å². The van der Waals surface area contributed by atoms with Gasteiger partial charge in [-0.2, -0.15) is 5.10 Å². The third kappa shape index (κ3) is 3.38. The SMILES string of the molecule is CCn1nc(C)c(Br)c1COc1ccc(CBr)cc1Cl. The monoisotopic (exact) mass is 420 g/mol. The van der Waals surface area contributed by atoms with Crippen LogP contribution in [-0.2, 0) is 18.5 Å². The van der Waals surface area contributed by atoms with Gasteiger partial charge in [-0.25, -0.2) is 0 Å². The molecule has 0 aliphatic rings. The highest BCUT2D eigenvalue weighted by Crippen LogP contribution is 2.28. The van der Waals surface area contributed by atoms with Crippen LogP contribution in [0.15, 0.2) is 22.7 Å². The summed E-state index contributed by atoms with van der Waals surface area (Å²) in [7, 11) is 0. The molecule has 1 aromatic heterocycles. The molecule has 0 radical (unpaired) electrons. The summed E-state index contributed by atoms with van der Waals surface area (Å²) in [6, 6.07) is 5.79. The van der Waals surface area contributed by atoms with Crippen LogP contribution in [-0.4, -0.2) is 9.78 Å². The first-order valence-corrected chi connectivity index (χ1v) is 8.55. The Hall–Kier alpha value is -0.520. The van der Waals surface area contributed by atoms with Gasteiger partial charge in [-0.1, -0.05) is 33.6 Å². The van der Waals surface area contributed by atoms with Crippen LogP contribution in [0.4, 0.5) is 0 Å². The van der Waals surface area contributed by atoms with Crippen molar-refractivity contribution in [2.75, 3.05) is 0 Å². The lowest BCUT2D eigenvalue weighted by Crippen LogP contribution is -2.06. The Labute approximate surface area is 140 Å². The van der Waals surface area contributed by atoms with Gasteiger partial charge >= 0.3 is 0 Å². The zero-order valence-electron chi connectivity index (χ0n) is 11.3. The van der Waals surface area contributed by atoms with Gasteiger partial charge in [0.2, 0.25) is 0 Å². The lowest BCUT2D eigenvalue weighted by molar-refractivity contribution is 0.292. The molecule has 0 amide bonds. The standard InChI is InChI=1S/C14H15Br2ClN2O/c1-3-19-12(14(16)9(2)18-19)8-20-13-5-4-10(7-15)6-11(13)17/h4-6H,3,7-8H2,1-2H3. The summed E-state index contributed by atoms with van der Waals surface area (Å²) in [5, 5.41) is 5.84. The molecule has 2 aromatic rings. The number of alkyl halides is 1. The molecule has 0 saturated heterocycles. The number of rotatable bonds is 5. The lowest BCUT2D eigenvalue weighted by atomic mass is 10.2. The largest absolute Gasteiger partial charge is 0.486 e. The van der Waals surface area contributed by atoms with E-state index < -0.39 is 0 Å². The van der Waals surface area contributed by atoms with Gasteiger partial charge in [0.15, 0.2) is 0 Å². The molecule has 20 heavy (non-hydrogen) atoms. The number of aryl methyl sites for hydroxylation is 2. The Bertz CT molecular complexity index is 613. The molecule has 0 spiro atoms. The minimum absolute atomic E-state index is 0.433. The molecule has 0 N–H and O–H groups in total. The van der Waals surface area contributed by atoms with Gasteiger partial charge in [0.1, 0.15) is 12.4 Å². The lowest BCUT2D eigenvalue weighted by Gasteiger charge is -2.10. The highest BCUT2D eigenvalue weighted by atomic mass is 79.9. The molecule has 0 aliphatic carbocycles. The molecule has 0 unspecified atom stereocenters. The molecule has 0 atom stereocenters. The van der Waals surface area contributed by atoms with Gasteiger partial charge in [-0.15, -0.1) is 0 Å². The van der Waals surface area contributed by atoms with Crippen LogP contribution in [0.1, 0.15) is 23.9 Å². The quantitative estimate of drug-likeness (QED) is 0.627. The second-order valence-electron chi connectivity index (χ2n) is 4.35. The van der Waals surface area contributed by atoms with E-state index in [1.807, 2.05) is 29.8 Å². The summed E-state index contributed by atoms with van der Waals surface area (Å²) in [6.45, 7) is 5.27. The average molecular weight is 423 g/mol. The second kappa shape index (κ2) is 6.96. The van der Waals surface area contributed by atoms with E-state index in [9.17, 15) is 0 Å². The van der Waals surface area contributed by atoms with Gasteiger partial charge < -0.3 is 4.74 Å². The van der Waals surface area contributed by atoms with Crippen molar-refractivity contribution in [3.8, 4) is 5.75 Å². The highest BCUT2D eigenvalue weighted by molar-refractivity contribution is 9.10. The molecule has 1 aromatic carbocycles. The minimum Gasteiger partial charge on any atom is -0.486 e. The van der Waals surface area contributed by atoms with E-state index in [4.69, 9.17) is 16.3 Å². The van der Waals surface area contributed by atoms with Crippen LogP contribution in [0.5, 0.6) is 5.75 Å². The van der Waals surface area contributed by atoms with Crippen LogP contribution in [0, 0.1) is 6.92 Å². The molecule has 108 valence electrons. The predicted octanol–water partition coefficient (Wildman–Crippen LogP) is 5.10. The molecule has 0 aliphatic heterocycles. The van der Waals surface area contributed by atoms with Crippen molar-refractivity contribution in [1.82, 2.24) is 9.78 Å². The van der Waals surface area contributed by atoms with Crippen LogP contribution in [0.25, 0.3) is 0 Å². The molecule has 1 heterocycles. The molecule has 0 saturated carbocycles. The van der Waals surface area contributed by atoms with E-state index in [1.54, 1.807) is 0 Å². The van der Waals surface area contributed by atoms with E-state index in [0.29, 0.717) is 17.4 Å². The van der Waals surface area contributed by atoms with Gasteiger partial charge in [-0.3, -0.25) is 4.68 Å². The third-order valence-corrected chi connectivity index (χ3v) is 4.94.